The third-order valence-corrected chi connectivity index (χ3v) is 4.04. The number of hydrogen-bond donors (Lipinski definition) is 1. The van der Waals surface area contributed by atoms with Crippen molar-refractivity contribution in [2.45, 2.75) is 25.7 Å². The Kier molecular flexibility index (Phi) is 4.20. The first kappa shape index (κ1) is 12.6. The van der Waals surface area contributed by atoms with Crippen molar-refractivity contribution in [2.24, 2.45) is 5.41 Å². The number of nitriles is 1. The van der Waals surface area contributed by atoms with Gasteiger partial charge in [-0.3, -0.25) is 0 Å². The highest BCUT2D eigenvalue weighted by Gasteiger charge is 2.36. The van der Waals surface area contributed by atoms with E-state index in [1.165, 1.54) is 12.0 Å². The van der Waals surface area contributed by atoms with Gasteiger partial charge in [0.2, 0.25) is 0 Å². The van der Waals surface area contributed by atoms with Gasteiger partial charge in [-0.2, -0.15) is 5.26 Å². The number of rotatable bonds is 5. The Bertz CT molecular complexity index is 401. The minimum Gasteiger partial charge on any atom is -0.315 e. The molecule has 0 heterocycles. The van der Waals surface area contributed by atoms with Gasteiger partial charge in [0.25, 0.3) is 0 Å². The van der Waals surface area contributed by atoms with Crippen LogP contribution in [-0.4, -0.2) is 13.1 Å². The van der Waals surface area contributed by atoms with Gasteiger partial charge in [-0.25, -0.2) is 0 Å². The molecule has 17 heavy (non-hydrogen) atoms. The first-order valence-corrected chi connectivity index (χ1v) is 6.90. The maximum atomic E-state index is 9.09. The predicted molar refractivity (Wildman–Crippen MR) is 72.6 cm³/mol. The second-order valence-electron chi connectivity index (χ2n) is 4.80. The first-order valence-electron chi connectivity index (χ1n) is 6.11. The number of hydrogen-bond acceptors (Lipinski definition) is 2. The Labute approximate surface area is 111 Å². The molecule has 0 unspecified atom stereocenters. The van der Waals surface area contributed by atoms with E-state index in [9.17, 15) is 0 Å². The molecule has 90 valence electrons. The van der Waals surface area contributed by atoms with Gasteiger partial charge in [0.05, 0.1) is 11.5 Å². The van der Waals surface area contributed by atoms with Crippen LogP contribution in [-0.2, 0) is 6.42 Å². The molecule has 1 N–H and O–H groups in total. The van der Waals surface area contributed by atoms with E-state index >= 15 is 0 Å². The molecule has 0 bridgehead atoms. The average molecular weight is 293 g/mol. The summed E-state index contributed by atoms with van der Waals surface area (Å²) in [6.45, 7) is 1.80. The van der Waals surface area contributed by atoms with Gasteiger partial charge in [-0.15, -0.1) is 0 Å². The minimum absolute atomic E-state index is 0.0558. The van der Waals surface area contributed by atoms with E-state index < -0.39 is 0 Å². The highest BCUT2D eigenvalue weighted by atomic mass is 79.9. The van der Waals surface area contributed by atoms with Crippen LogP contribution in [0.5, 0.6) is 0 Å². The first-order chi connectivity index (χ1) is 8.24. The van der Waals surface area contributed by atoms with Crippen LogP contribution >= 0.6 is 15.9 Å². The van der Waals surface area contributed by atoms with Gasteiger partial charge in [-0.1, -0.05) is 34.5 Å². The van der Waals surface area contributed by atoms with E-state index in [1.807, 2.05) is 0 Å². The Morgan fingerprint density at radius 1 is 1.29 bits per heavy atom. The quantitative estimate of drug-likeness (QED) is 0.846. The lowest BCUT2D eigenvalue weighted by Gasteiger charge is -2.35. The van der Waals surface area contributed by atoms with E-state index in [1.54, 1.807) is 0 Å². The number of benzene rings is 1. The summed E-state index contributed by atoms with van der Waals surface area (Å²) in [5, 5.41) is 12.5. The summed E-state index contributed by atoms with van der Waals surface area (Å²) in [6.07, 6.45) is 4.36. The SMILES string of the molecule is N#CC1(CNCCc2ccc(Br)cc2)CCC1. The topological polar surface area (TPSA) is 35.8 Å². The highest BCUT2D eigenvalue weighted by molar-refractivity contribution is 9.10. The molecule has 1 aliphatic carbocycles. The fourth-order valence-electron chi connectivity index (χ4n) is 2.14. The summed E-state index contributed by atoms with van der Waals surface area (Å²) >= 11 is 3.43. The van der Waals surface area contributed by atoms with E-state index in [-0.39, 0.29) is 5.41 Å². The molecule has 0 amide bonds. The Balaban J connectivity index is 1.70. The van der Waals surface area contributed by atoms with Crippen LogP contribution in [0, 0.1) is 16.7 Å². The maximum Gasteiger partial charge on any atom is 0.0703 e. The van der Waals surface area contributed by atoms with Gasteiger partial charge >= 0.3 is 0 Å². The summed E-state index contributed by atoms with van der Waals surface area (Å²) in [5.41, 5.74) is 1.28. The van der Waals surface area contributed by atoms with Crippen molar-refractivity contribution in [3.63, 3.8) is 0 Å². The standard InChI is InChI=1S/C14H17BrN2/c15-13-4-2-12(3-5-13)6-9-17-11-14(10-16)7-1-8-14/h2-5,17H,1,6-9,11H2. The number of nitrogens with zero attached hydrogens (tertiary/aromatic N) is 1. The summed E-state index contributed by atoms with van der Waals surface area (Å²) < 4.78 is 1.12. The molecule has 0 atom stereocenters. The van der Waals surface area contributed by atoms with Gasteiger partial charge in [-0.05, 0) is 43.5 Å². The summed E-state index contributed by atoms with van der Waals surface area (Å²) in [4.78, 5) is 0. The van der Waals surface area contributed by atoms with Crippen LogP contribution in [0.3, 0.4) is 0 Å². The molecule has 3 heteroatoms. The van der Waals surface area contributed by atoms with Crippen LogP contribution in [0.1, 0.15) is 24.8 Å². The molecule has 1 saturated carbocycles. The second-order valence-corrected chi connectivity index (χ2v) is 5.71. The van der Waals surface area contributed by atoms with Crippen LogP contribution in [0.2, 0.25) is 0 Å². The molecule has 0 radical (unpaired) electrons. The molecule has 0 spiro atoms. The predicted octanol–water partition coefficient (Wildman–Crippen LogP) is 3.28. The van der Waals surface area contributed by atoms with E-state index in [0.29, 0.717) is 0 Å². The largest absolute Gasteiger partial charge is 0.315 e. The third-order valence-electron chi connectivity index (χ3n) is 3.51. The Morgan fingerprint density at radius 2 is 2.00 bits per heavy atom. The van der Waals surface area contributed by atoms with Crippen molar-refractivity contribution >= 4 is 15.9 Å². The van der Waals surface area contributed by atoms with Crippen molar-refractivity contribution in [2.75, 3.05) is 13.1 Å². The fraction of sp³-hybridized carbons (Fsp3) is 0.500. The van der Waals surface area contributed by atoms with E-state index in [2.05, 4.69) is 51.6 Å². The maximum absolute atomic E-state index is 9.09. The number of halogens is 1. The Morgan fingerprint density at radius 3 is 2.53 bits per heavy atom. The van der Waals surface area contributed by atoms with Gasteiger partial charge in [0.15, 0.2) is 0 Å². The van der Waals surface area contributed by atoms with Crippen LogP contribution in [0.4, 0.5) is 0 Å². The van der Waals surface area contributed by atoms with Crippen molar-refractivity contribution in [1.29, 1.82) is 5.26 Å². The summed E-state index contributed by atoms with van der Waals surface area (Å²) in [5.74, 6) is 0. The van der Waals surface area contributed by atoms with Crippen LogP contribution in [0.25, 0.3) is 0 Å². The molecule has 1 aromatic rings. The van der Waals surface area contributed by atoms with Crippen molar-refractivity contribution < 1.29 is 0 Å². The van der Waals surface area contributed by atoms with E-state index in [0.717, 1.165) is 36.8 Å². The molecule has 1 fully saturated rings. The molecular formula is C14H17BrN2. The minimum atomic E-state index is -0.0558. The molecule has 0 aliphatic heterocycles. The molecule has 1 aliphatic rings. The monoisotopic (exact) mass is 292 g/mol. The lowest BCUT2D eigenvalue weighted by atomic mass is 9.70. The zero-order valence-corrected chi connectivity index (χ0v) is 11.5. The Hall–Kier alpha value is -0.850. The zero-order chi connectivity index (χ0) is 12.1. The van der Waals surface area contributed by atoms with Crippen LogP contribution < -0.4 is 5.32 Å². The summed E-state index contributed by atoms with van der Waals surface area (Å²) in [6, 6.07) is 10.9. The van der Waals surface area contributed by atoms with Gasteiger partial charge in [0.1, 0.15) is 0 Å². The average Bonchev–Trinajstić information content (AvgIpc) is 2.30. The smallest absolute Gasteiger partial charge is 0.0703 e. The highest BCUT2D eigenvalue weighted by Crippen LogP contribution is 2.39. The molecule has 0 saturated heterocycles. The second kappa shape index (κ2) is 5.66. The molecule has 0 aromatic heterocycles. The van der Waals surface area contributed by atoms with E-state index in [4.69, 9.17) is 5.26 Å². The van der Waals surface area contributed by atoms with Crippen LogP contribution in [0.15, 0.2) is 28.7 Å². The molecule has 2 nitrogen and oxygen atoms in total. The lowest BCUT2D eigenvalue weighted by molar-refractivity contribution is 0.208. The van der Waals surface area contributed by atoms with Gasteiger partial charge < -0.3 is 5.32 Å². The normalized spacial score (nSPS) is 17.2. The lowest BCUT2D eigenvalue weighted by Crippen LogP contribution is -2.39. The van der Waals surface area contributed by atoms with Gasteiger partial charge in [0, 0.05) is 11.0 Å². The molecular weight excluding hydrogens is 276 g/mol. The number of nitrogens with one attached hydrogen (secondary N) is 1. The third kappa shape index (κ3) is 3.31. The molecule has 2 rings (SSSR count). The zero-order valence-electron chi connectivity index (χ0n) is 9.88. The summed E-state index contributed by atoms with van der Waals surface area (Å²) in [7, 11) is 0. The molecule has 1 aromatic carbocycles. The van der Waals surface area contributed by atoms with Crippen molar-refractivity contribution in [3.8, 4) is 6.07 Å². The van der Waals surface area contributed by atoms with Crippen molar-refractivity contribution in [1.82, 2.24) is 5.32 Å². The fourth-order valence-corrected chi connectivity index (χ4v) is 2.41. The van der Waals surface area contributed by atoms with Crippen molar-refractivity contribution in [3.05, 3.63) is 34.3 Å².